The number of benzene rings is 2. The Morgan fingerprint density at radius 2 is 1.83 bits per heavy atom. The Morgan fingerprint density at radius 3 is 2.60 bits per heavy atom. The number of allylic oxidation sites excluding steroid dienone is 2. The fourth-order valence-corrected chi connectivity index (χ4v) is 3.80. The zero-order chi connectivity index (χ0) is 21.3. The van der Waals surface area contributed by atoms with Gasteiger partial charge in [-0.05, 0) is 36.3 Å². The first-order chi connectivity index (χ1) is 14.3. The Labute approximate surface area is 173 Å². The van der Waals surface area contributed by atoms with Crippen LogP contribution in [0.3, 0.4) is 0 Å². The van der Waals surface area contributed by atoms with Gasteiger partial charge in [-0.1, -0.05) is 55.1 Å². The SMILES string of the molecule is C=C(NC1=CC(c2ccccc2C(F)(F)F)Nc2ccccc21)C1=C(C)C=CCN1. The molecule has 1 unspecified atom stereocenters. The van der Waals surface area contributed by atoms with Crippen LogP contribution in [0, 0.1) is 0 Å². The third-order valence-corrected chi connectivity index (χ3v) is 5.21. The Hall–Kier alpha value is -3.41. The van der Waals surface area contributed by atoms with Crippen LogP contribution in [0.15, 0.2) is 90.3 Å². The van der Waals surface area contributed by atoms with Crippen molar-refractivity contribution in [1.29, 1.82) is 0 Å². The standard InChI is InChI=1S/C24H22F3N3/c1-15-8-7-13-28-23(15)16(2)29-22-14-21(30-20-12-6-4-10-18(20)22)17-9-3-5-11-19(17)24(25,26)27/h3-12,14,21,28-30H,2,13H2,1H3. The molecule has 0 fully saturated rings. The van der Waals surface area contributed by atoms with Crippen molar-refractivity contribution in [3.63, 3.8) is 0 Å². The number of alkyl halides is 3. The van der Waals surface area contributed by atoms with Gasteiger partial charge in [0, 0.05) is 23.5 Å². The summed E-state index contributed by atoms with van der Waals surface area (Å²) in [5.41, 5.74) is 4.49. The van der Waals surface area contributed by atoms with E-state index >= 15 is 0 Å². The van der Waals surface area contributed by atoms with Gasteiger partial charge in [0.05, 0.1) is 23.0 Å². The monoisotopic (exact) mass is 409 g/mol. The summed E-state index contributed by atoms with van der Waals surface area (Å²) >= 11 is 0. The summed E-state index contributed by atoms with van der Waals surface area (Å²) < 4.78 is 40.8. The summed E-state index contributed by atoms with van der Waals surface area (Å²) in [5.74, 6) is 0. The van der Waals surface area contributed by atoms with Gasteiger partial charge in [0.2, 0.25) is 0 Å². The molecule has 2 aliphatic rings. The predicted molar refractivity (Wildman–Crippen MR) is 114 cm³/mol. The molecule has 0 aromatic heterocycles. The van der Waals surface area contributed by atoms with E-state index in [9.17, 15) is 13.2 Å². The van der Waals surface area contributed by atoms with E-state index in [-0.39, 0.29) is 5.56 Å². The van der Waals surface area contributed by atoms with Crippen LogP contribution in [0.1, 0.15) is 29.7 Å². The smallest absolute Gasteiger partial charge is 0.380 e. The third-order valence-electron chi connectivity index (χ3n) is 5.21. The van der Waals surface area contributed by atoms with Gasteiger partial charge in [-0.15, -0.1) is 0 Å². The molecule has 0 saturated heterocycles. The topological polar surface area (TPSA) is 36.1 Å². The van der Waals surface area contributed by atoms with Crippen LogP contribution < -0.4 is 16.0 Å². The molecule has 2 aliphatic heterocycles. The number of halogens is 3. The maximum absolute atomic E-state index is 13.6. The molecular formula is C24H22F3N3. The molecule has 2 aromatic carbocycles. The molecule has 0 amide bonds. The molecule has 0 aliphatic carbocycles. The Bertz CT molecular complexity index is 1080. The van der Waals surface area contributed by atoms with Gasteiger partial charge in [-0.25, -0.2) is 0 Å². The Balaban J connectivity index is 1.74. The first kappa shape index (κ1) is 19.9. The van der Waals surface area contributed by atoms with Crippen molar-refractivity contribution in [2.24, 2.45) is 0 Å². The molecule has 2 aromatic rings. The summed E-state index contributed by atoms with van der Waals surface area (Å²) in [7, 11) is 0. The molecule has 3 N–H and O–H groups in total. The number of anilines is 1. The molecule has 30 heavy (non-hydrogen) atoms. The van der Waals surface area contributed by atoms with Crippen LogP contribution in [0.25, 0.3) is 5.70 Å². The van der Waals surface area contributed by atoms with Gasteiger partial charge in [0.25, 0.3) is 0 Å². The van der Waals surface area contributed by atoms with E-state index in [0.717, 1.165) is 28.6 Å². The largest absolute Gasteiger partial charge is 0.416 e. The highest BCUT2D eigenvalue weighted by atomic mass is 19.4. The normalized spacial score (nSPS) is 18.1. The molecule has 0 bridgehead atoms. The zero-order valence-electron chi connectivity index (χ0n) is 16.5. The van der Waals surface area contributed by atoms with E-state index in [1.54, 1.807) is 12.1 Å². The van der Waals surface area contributed by atoms with Gasteiger partial charge in [-0.2, -0.15) is 13.2 Å². The fraction of sp³-hybridized carbons (Fsp3) is 0.167. The first-order valence-electron chi connectivity index (χ1n) is 9.66. The summed E-state index contributed by atoms with van der Waals surface area (Å²) in [5, 5.41) is 9.85. The van der Waals surface area contributed by atoms with Gasteiger partial charge >= 0.3 is 6.18 Å². The number of para-hydroxylation sites is 1. The lowest BCUT2D eigenvalue weighted by atomic mass is 9.93. The Morgan fingerprint density at radius 1 is 1.10 bits per heavy atom. The molecule has 0 saturated carbocycles. The second kappa shape index (κ2) is 7.78. The number of nitrogens with one attached hydrogen (secondary N) is 3. The van der Waals surface area contributed by atoms with Gasteiger partial charge in [-0.3, -0.25) is 0 Å². The minimum Gasteiger partial charge on any atom is -0.380 e. The number of rotatable bonds is 4. The van der Waals surface area contributed by atoms with Crippen molar-refractivity contribution in [3.05, 3.63) is 107 Å². The zero-order valence-corrected chi connectivity index (χ0v) is 16.5. The van der Waals surface area contributed by atoms with Crippen LogP contribution in [0.2, 0.25) is 0 Å². The Kier molecular flexibility index (Phi) is 5.16. The van der Waals surface area contributed by atoms with Crippen LogP contribution in [0.4, 0.5) is 18.9 Å². The molecule has 2 heterocycles. The van der Waals surface area contributed by atoms with E-state index in [1.165, 1.54) is 12.1 Å². The van der Waals surface area contributed by atoms with Crippen molar-refractivity contribution in [2.75, 3.05) is 11.9 Å². The molecule has 6 heteroatoms. The molecule has 4 rings (SSSR count). The minimum absolute atomic E-state index is 0.179. The second-order valence-corrected chi connectivity index (χ2v) is 7.28. The average molecular weight is 409 g/mol. The van der Waals surface area contributed by atoms with Gasteiger partial charge < -0.3 is 16.0 Å². The van der Waals surface area contributed by atoms with Crippen LogP contribution >= 0.6 is 0 Å². The fourth-order valence-electron chi connectivity index (χ4n) is 3.80. The highest BCUT2D eigenvalue weighted by Gasteiger charge is 2.35. The summed E-state index contributed by atoms with van der Waals surface area (Å²) in [4.78, 5) is 0. The van der Waals surface area contributed by atoms with E-state index in [2.05, 4.69) is 22.5 Å². The quantitative estimate of drug-likeness (QED) is 0.602. The molecule has 0 spiro atoms. The number of dihydropyridines is 1. The molecule has 154 valence electrons. The third kappa shape index (κ3) is 3.85. The predicted octanol–water partition coefficient (Wildman–Crippen LogP) is 5.75. The van der Waals surface area contributed by atoms with Crippen molar-refractivity contribution in [2.45, 2.75) is 19.1 Å². The number of hydrogen-bond donors (Lipinski definition) is 3. The summed E-state index contributed by atoms with van der Waals surface area (Å²) in [6.07, 6.45) is 1.40. The van der Waals surface area contributed by atoms with Crippen LogP contribution in [-0.4, -0.2) is 6.54 Å². The highest BCUT2D eigenvalue weighted by molar-refractivity contribution is 5.80. The average Bonchev–Trinajstić information content (AvgIpc) is 2.73. The van der Waals surface area contributed by atoms with E-state index in [0.29, 0.717) is 17.9 Å². The van der Waals surface area contributed by atoms with Gasteiger partial charge in [0.15, 0.2) is 0 Å². The van der Waals surface area contributed by atoms with Crippen molar-refractivity contribution in [1.82, 2.24) is 10.6 Å². The summed E-state index contributed by atoms with van der Waals surface area (Å²) in [6.45, 7) is 6.83. The lowest BCUT2D eigenvalue weighted by molar-refractivity contribution is -0.138. The maximum atomic E-state index is 13.6. The van der Waals surface area contributed by atoms with E-state index in [4.69, 9.17) is 0 Å². The van der Waals surface area contributed by atoms with E-state index < -0.39 is 17.8 Å². The molecule has 3 nitrogen and oxygen atoms in total. The molecular weight excluding hydrogens is 387 g/mol. The highest BCUT2D eigenvalue weighted by Crippen LogP contribution is 2.40. The summed E-state index contributed by atoms with van der Waals surface area (Å²) in [6, 6.07) is 12.6. The van der Waals surface area contributed by atoms with Crippen molar-refractivity contribution >= 4 is 11.4 Å². The maximum Gasteiger partial charge on any atom is 0.416 e. The lowest BCUT2D eigenvalue weighted by Gasteiger charge is -2.30. The van der Waals surface area contributed by atoms with Crippen molar-refractivity contribution < 1.29 is 13.2 Å². The van der Waals surface area contributed by atoms with Crippen molar-refractivity contribution in [3.8, 4) is 0 Å². The minimum atomic E-state index is -4.43. The molecule has 0 radical (unpaired) electrons. The van der Waals surface area contributed by atoms with Crippen LogP contribution in [-0.2, 0) is 6.18 Å². The molecule has 1 atom stereocenters. The second-order valence-electron chi connectivity index (χ2n) is 7.28. The number of fused-ring (bicyclic) bond motifs is 1. The lowest BCUT2D eigenvalue weighted by Crippen LogP contribution is -2.27. The number of hydrogen-bond acceptors (Lipinski definition) is 3. The van der Waals surface area contributed by atoms with Crippen LogP contribution in [0.5, 0.6) is 0 Å². The van der Waals surface area contributed by atoms with Gasteiger partial charge in [0.1, 0.15) is 0 Å². The van der Waals surface area contributed by atoms with E-state index in [1.807, 2.05) is 43.3 Å². The first-order valence-corrected chi connectivity index (χ1v) is 9.66.